The molecule has 0 unspecified atom stereocenters. The van der Waals surface area contributed by atoms with E-state index < -0.39 is 0 Å². The number of aryl methyl sites for hydroxylation is 3. The third-order valence-corrected chi connectivity index (χ3v) is 4.97. The molecule has 1 heterocycles. The van der Waals surface area contributed by atoms with Gasteiger partial charge in [-0.1, -0.05) is 71.8 Å². The zero-order valence-electron chi connectivity index (χ0n) is 17.7. The van der Waals surface area contributed by atoms with E-state index in [1.165, 1.54) is 27.8 Å². The van der Waals surface area contributed by atoms with Gasteiger partial charge in [0.05, 0.1) is 0 Å². The van der Waals surface area contributed by atoms with E-state index in [4.69, 9.17) is 15.0 Å². The summed E-state index contributed by atoms with van der Waals surface area (Å²) in [4.78, 5) is 14.2. The van der Waals surface area contributed by atoms with Crippen LogP contribution in [-0.2, 0) is 12.8 Å². The lowest BCUT2D eigenvalue weighted by Crippen LogP contribution is -2.09. The summed E-state index contributed by atoms with van der Waals surface area (Å²) in [5, 5.41) is 3.35. The van der Waals surface area contributed by atoms with Gasteiger partial charge in [-0.2, -0.15) is 9.97 Å². The standard InChI is InChI=1S/C26H26N4/c1-18-7-11-21(12-8-18)16-24-28-25(17-22-13-9-19(2)10-14-22)30-26(29-24)27-23-6-4-5-20(3)15-23/h4-15H,16-17H2,1-3H3,(H,27,28,29,30). The van der Waals surface area contributed by atoms with Crippen molar-refractivity contribution in [1.82, 2.24) is 15.0 Å². The number of hydrogen-bond acceptors (Lipinski definition) is 4. The minimum Gasteiger partial charge on any atom is -0.324 e. The molecule has 30 heavy (non-hydrogen) atoms. The fourth-order valence-corrected chi connectivity index (χ4v) is 3.31. The van der Waals surface area contributed by atoms with Crippen LogP contribution in [-0.4, -0.2) is 15.0 Å². The Morgan fingerprint density at radius 2 is 1.13 bits per heavy atom. The summed E-state index contributed by atoms with van der Waals surface area (Å²) in [7, 11) is 0. The molecular formula is C26H26N4. The quantitative estimate of drug-likeness (QED) is 0.454. The normalized spacial score (nSPS) is 10.8. The number of benzene rings is 3. The van der Waals surface area contributed by atoms with E-state index in [1.807, 2.05) is 12.1 Å². The number of rotatable bonds is 6. The summed E-state index contributed by atoms with van der Waals surface area (Å²) in [6, 6.07) is 25.2. The summed E-state index contributed by atoms with van der Waals surface area (Å²) in [6.45, 7) is 6.26. The molecule has 0 fully saturated rings. The van der Waals surface area contributed by atoms with Gasteiger partial charge in [-0.3, -0.25) is 0 Å². The van der Waals surface area contributed by atoms with Gasteiger partial charge in [0, 0.05) is 18.5 Å². The van der Waals surface area contributed by atoms with E-state index in [2.05, 4.69) is 86.8 Å². The Morgan fingerprint density at radius 1 is 0.600 bits per heavy atom. The van der Waals surface area contributed by atoms with Gasteiger partial charge in [0.15, 0.2) is 0 Å². The summed E-state index contributed by atoms with van der Waals surface area (Å²) in [5.41, 5.74) is 7.04. The molecule has 0 radical (unpaired) electrons. The molecule has 0 saturated carbocycles. The Balaban J connectivity index is 1.65. The van der Waals surface area contributed by atoms with Gasteiger partial charge in [0.25, 0.3) is 0 Å². The van der Waals surface area contributed by atoms with Crippen molar-refractivity contribution in [1.29, 1.82) is 0 Å². The van der Waals surface area contributed by atoms with Crippen molar-refractivity contribution in [3.63, 3.8) is 0 Å². The third kappa shape index (κ3) is 5.29. The van der Waals surface area contributed by atoms with Crippen molar-refractivity contribution < 1.29 is 0 Å². The van der Waals surface area contributed by atoms with Gasteiger partial charge in [0.1, 0.15) is 11.6 Å². The van der Waals surface area contributed by atoms with Crippen molar-refractivity contribution in [3.05, 3.63) is 112 Å². The monoisotopic (exact) mass is 394 g/mol. The summed E-state index contributed by atoms with van der Waals surface area (Å²) >= 11 is 0. The first-order valence-corrected chi connectivity index (χ1v) is 10.2. The zero-order chi connectivity index (χ0) is 20.9. The molecular weight excluding hydrogens is 368 g/mol. The summed E-state index contributed by atoms with van der Waals surface area (Å²) in [6.07, 6.45) is 1.35. The largest absolute Gasteiger partial charge is 0.324 e. The van der Waals surface area contributed by atoms with Crippen LogP contribution in [0.15, 0.2) is 72.8 Å². The molecule has 4 nitrogen and oxygen atoms in total. The second-order valence-electron chi connectivity index (χ2n) is 7.81. The van der Waals surface area contributed by atoms with Gasteiger partial charge in [0.2, 0.25) is 5.95 Å². The first-order valence-electron chi connectivity index (χ1n) is 10.2. The molecule has 150 valence electrons. The van der Waals surface area contributed by atoms with Crippen LogP contribution in [0.5, 0.6) is 0 Å². The van der Waals surface area contributed by atoms with E-state index in [0.717, 1.165) is 17.3 Å². The van der Waals surface area contributed by atoms with Crippen LogP contribution in [0.3, 0.4) is 0 Å². The number of hydrogen-bond donors (Lipinski definition) is 1. The van der Waals surface area contributed by atoms with E-state index in [9.17, 15) is 0 Å². The number of aromatic nitrogens is 3. The fraction of sp³-hybridized carbons (Fsp3) is 0.192. The SMILES string of the molecule is Cc1ccc(Cc2nc(Cc3ccc(C)cc3)nc(Nc3cccc(C)c3)n2)cc1. The van der Waals surface area contributed by atoms with Crippen molar-refractivity contribution in [2.45, 2.75) is 33.6 Å². The van der Waals surface area contributed by atoms with Gasteiger partial charge in [-0.05, 0) is 49.6 Å². The maximum atomic E-state index is 4.77. The average molecular weight is 395 g/mol. The van der Waals surface area contributed by atoms with Crippen LogP contribution in [0.25, 0.3) is 0 Å². The number of nitrogens with one attached hydrogen (secondary N) is 1. The van der Waals surface area contributed by atoms with Gasteiger partial charge >= 0.3 is 0 Å². The minimum absolute atomic E-state index is 0.583. The Kier molecular flexibility index (Phi) is 5.84. The lowest BCUT2D eigenvalue weighted by atomic mass is 10.1. The second-order valence-corrected chi connectivity index (χ2v) is 7.81. The molecule has 3 aromatic carbocycles. The summed E-state index contributed by atoms with van der Waals surface area (Å²) in [5.74, 6) is 2.12. The lowest BCUT2D eigenvalue weighted by Gasteiger charge is -2.10. The number of anilines is 2. The molecule has 0 aliphatic rings. The molecule has 4 aromatic rings. The topological polar surface area (TPSA) is 50.7 Å². The van der Waals surface area contributed by atoms with Crippen LogP contribution in [0.1, 0.15) is 39.5 Å². The van der Waals surface area contributed by atoms with E-state index in [1.54, 1.807) is 0 Å². The molecule has 0 aliphatic carbocycles. The predicted octanol–water partition coefficient (Wildman–Crippen LogP) is 5.72. The molecule has 4 heteroatoms. The smallest absolute Gasteiger partial charge is 0.230 e. The van der Waals surface area contributed by atoms with Crippen LogP contribution in [0.4, 0.5) is 11.6 Å². The molecule has 0 bridgehead atoms. The lowest BCUT2D eigenvalue weighted by molar-refractivity contribution is 0.856. The van der Waals surface area contributed by atoms with Crippen LogP contribution in [0.2, 0.25) is 0 Å². The molecule has 0 aliphatic heterocycles. The molecule has 1 aromatic heterocycles. The highest BCUT2D eigenvalue weighted by atomic mass is 15.2. The van der Waals surface area contributed by atoms with Crippen LogP contribution in [0, 0.1) is 20.8 Å². The van der Waals surface area contributed by atoms with Gasteiger partial charge in [-0.15, -0.1) is 0 Å². The van der Waals surface area contributed by atoms with E-state index in [0.29, 0.717) is 18.8 Å². The minimum atomic E-state index is 0.583. The highest BCUT2D eigenvalue weighted by Crippen LogP contribution is 2.17. The average Bonchev–Trinajstić information content (AvgIpc) is 2.71. The Labute approximate surface area is 178 Å². The second kappa shape index (κ2) is 8.87. The molecule has 0 spiro atoms. The molecule has 4 rings (SSSR count). The van der Waals surface area contributed by atoms with Gasteiger partial charge < -0.3 is 5.32 Å². The van der Waals surface area contributed by atoms with Crippen LogP contribution >= 0.6 is 0 Å². The molecule has 1 N–H and O–H groups in total. The maximum Gasteiger partial charge on any atom is 0.230 e. The maximum absolute atomic E-state index is 4.77. The molecule has 0 atom stereocenters. The fourth-order valence-electron chi connectivity index (χ4n) is 3.31. The Morgan fingerprint density at radius 3 is 1.63 bits per heavy atom. The predicted molar refractivity (Wildman–Crippen MR) is 122 cm³/mol. The highest BCUT2D eigenvalue weighted by molar-refractivity contribution is 5.54. The summed E-state index contributed by atoms with van der Waals surface area (Å²) < 4.78 is 0. The van der Waals surface area contributed by atoms with E-state index >= 15 is 0 Å². The highest BCUT2D eigenvalue weighted by Gasteiger charge is 2.09. The molecule has 0 saturated heterocycles. The first kappa shape index (κ1) is 19.8. The zero-order valence-corrected chi connectivity index (χ0v) is 17.7. The van der Waals surface area contributed by atoms with Crippen molar-refractivity contribution in [2.24, 2.45) is 0 Å². The third-order valence-electron chi connectivity index (χ3n) is 4.97. The van der Waals surface area contributed by atoms with Crippen LogP contribution < -0.4 is 5.32 Å². The van der Waals surface area contributed by atoms with Crippen molar-refractivity contribution >= 4 is 11.6 Å². The van der Waals surface area contributed by atoms with Gasteiger partial charge in [-0.25, -0.2) is 4.98 Å². The van der Waals surface area contributed by atoms with E-state index in [-0.39, 0.29) is 0 Å². The number of nitrogens with zero attached hydrogens (tertiary/aromatic N) is 3. The van der Waals surface area contributed by atoms with Crippen molar-refractivity contribution in [2.75, 3.05) is 5.32 Å². The van der Waals surface area contributed by atoms with Crippen molar-refractivity contribution in [3.8, 4) is 0 Å². The Bertz CT molecular complexity index is 1070. The Hall–Kier alpha value is -3.53. The first-order chi connectivity index (χ1) is 14.5. The molecule has 0 amide bonds.